The molecular weight excluding hydrogens is 250 g/mol. The number of nitrogens with zero attached hydrogens (tertiary/aromatic N) is 3. The summed E-state index contributed by atoms with van der Waals surface area (Å²) < 4.78 is 0. The second kappa shape index (κ2) is 6.28. The van der Waals surface area contributed by atoms with Gasteiger partial charge in [0.2, 0.25) is 11.6 Å². The fourth-order valence-corrected chi connectivity index (χ4v) is 1.58. The van der Waals surface area contributed by atoms with Crippen LogP contribution in [0.2, 0.25) is 0 Å². The molecule has 0 aromatic carbocycles. The van der Waals surface area contributed by atoms with Crippen LogP contribution in [0.5, 0.6) is 0 Å². The number of aliphatic hydroxyl groups excluding tert-OH is 1. The second-order valence-corrected chi connectivity index (χ2v) is 4.92. The van der Waals surface area contributed by atoms with E-state index in [1.807, 2.05) is 13.8 Å². The largest absolute Gasteiger partial charge is 0.396 e. The number of rotatable bonds is 7. The minimum absolute atomic E-state index is 0.0717. The molecule has 1 aromatic heterocycles. The van der Waals surface area contributed by atoms with E-state index in [-0.39, 0.29) is 29.3 Å². The van der Waals surface area contributed by atoms with E-state index in [0.29, 0.717) is 13.0 Å². The molecule has 0 saturated heterocycles. The number of nitro groups is 1. The van der Waals surface area contributed by atoms with Gasteiger partial charge in [0.05, 0.1) is 4.92 Å². The fraction of sp³-hybridized carbons (Fsp3) is 0.636. The summed E-state index contributed by atoms with van der Waals surface area (Å²) in [6.07, 6.45) is 1.86. The highest BCUT2D eigenvalue weighted by molar-refractivity contribution is 5.68. The van der Waals surface area contributed by atoms with Gasteiger partial charge in [0.1, 0.15) is 6.33 Å². The molecule has 1 rings (SSSR count). The van der Waals surface area contributed by atoms with E-state index in [4.69, 9.17) is 5.11 Å². The summed E-state index contributed by atoms with van der Waals surface area (Å²) in [4.78, 5) is 18.3. The van der Waals surface area contributed by atoms with Gasteiger partial charge in [-0.15, -0.1) is 0 Å². The first-order valence-electron chi connectivity index (χ1n) is 5.93. The first-order valence-corrected chi connectivity index (χ1v) is 5.93. The summed E-state index contributed by atoms with van der Waals surface area (Å²) in [6.45, 7) is 4.46. The molecular formula is C11H19N5O3. The Kier molecular flexibility index (Phi) is 4.99. The van der Waals surface area contributed by atoms with Crippen molar-refractivity contribution in [1.82, 2.24) is 9.97 Å². The summed E-state index contributed by atoms with van der Waals surface area (Å²) >= 11 is 0. The van der Waals surface area contributed by atoms with Gasteiger partial charge in [-0.3, -0.25) is 10.1 Å². The zero-order valence-corrected chi connectivity index (χ0v) is 11.3. The van der Waals surface area contributed by atoms with Gasteiger partial charge in [0.25, 0.3) is 0 Å². The minimum Gasteiger partial charge on any atom is -0.396 e. The molecule has 0 amide bonds. The third-order valence-electron chi connectivity index (χ3n) is 2.76. The summed E-state index contributed by atoms with van der Waals surface area (Å²) in [5.74, 6) is 0.345. The number of nitrogens with one attached hydrogen (secondary N) is 2. The van der Waals surface area contributed by atoms with Crippen molar-refractivity contribution in [3.8, 4) is 0 Å². The Labute approximate surface area is 111 Å². The Morgan fingerprint density at radius 3 is 2.58 bits per heavy atom. The van der Waals surface area contributed by atoms with Crippen LogP contribution in [0.3, 0.4) is 0 Å². The Bertz CT molecular complexity index is 450. The van der Waals surface area contributed by atoms with E-state index in [0.717, 1.165) is 0 Å². The molecule has 3 N–H and O–H groups in total. The Hall–Kier alpha value is -1.96. The van der Waals surface area contributed by atoms with E-state index in [9.17, 15) is 10.1 Å². The van der Waals surface area contributed by atoms with Crippen LogP contribution in [0.25, 0.3) is 0 Å². The maximum absolute atomic E-state index is 11.1. The van der Waals surface area contributed by atoms with Gasteiger partial charge in [-0.05, 0) is 11.8 Å². The molecule has 8 heteroatoms. The molecule has 0 spiro atoms. The van der Waals surface area contributed by atoms with Crippen LogP contribution in [-0.2, 0) is 0 Å². The quantitative estimate of drug-likeness (QED) is 0.504. The molecule has 8 nitrogen and oxygen atoms in total. The molecule has 0 atom stereocenters. The molecule has 0 radical (unpaired) electrons. The first-order chi connectivity index (χ1) is 8.91. The van der Waals surface area contributed by atoms with Crippen molar-refractivity contribution in [3.63, 3.8) is 0 Å². The smallest absolute Gasteiger partial charge is 0.353 e. The molecule has 0 aliphatic carbocycles. The lowest BCUT2D eigenvalue weighted by atomic mass is 9.90. The van der Waals surface area contributed by atoms with Crippen molar-refractivity contribution in [2.45, 2.75) is 20.3 Å². The average Bonchev–Trinajstić information content (AvgIpc) is 2.35. The van der Waals surface area contributed by atoms with E-state index >= 15 is 0 Å². The standard InChI is InChI=1S/C11H19N5O3/c1-11(2,4-5-17)6-13-10-8(16(18)19)9(12-3)14-7-15-10/h7,17H,4-6H2,1-3H3,(H2,12,13,14,15). The van der Waals surface area contributed by atoms with Gasteiger partial charge in [-0.2, -0.15) is 0 Å². The predicted molar refractivity (Wildman–Crippen MR) is 72.2 cm³/mol. The summed E-state index contributed by atoms with van der Waals surface area (Å²) in [7, 11) is 1.56. The molecule has 106 valence electrons. The van der Waals surface area contributed by atoms with Gasteiger partial charge < -0.3 is 15.7 Å². The number of aromatic nitrogens is 2. The molecule has 19 heavy (non-hydrogen) atoms. The van der Waals surface area contributed by atoms with E-state index in [2.05, 4.69) is 20.6 Å². The average molecular weight is 269 g/mol. The van der Waals surface area contributed by atoms with Crippen molar-refractivity contribution >= 4 is 17.3 Å². The monoisotopic (exact) mass is 269 g/mol. The Morgan fingerprint density at radius 2 is 2.05 bits per heavy atom. The summed E-state index contributed by atoms with van der Waals surface area (Å²) in [5.41, 5.74) is -0.363. The molecule has 0 aliphatic heterocycles. The SMILES string of the molecule is CNc1ncnc(NCC(C)(C)CCO)c1[N+](=O)[O-]. The second-order valence-electron chi connectivity index (χ2n) is 4.92. The number of hydrogen-bond acceptors (Lipinski definition) is 7. The van der Waals surface area contributed by atoms with Crippen molar-refractivity contribution in [3.05, 3.63) is 16.4 Å². The Balaban J connectivity index is 2.92. The number of hydrogen-bond donors (Lipinski definition) is 3. The molecule has 1 heterocycles. The van der Waals surface area contributed by atoms with Crippen LogP contribution < -0.4 is 10.6 Å². The fourth-order valence-electron chi connectivity index (χ4n) is 1.58. The topological polar surface area (TPSA) is 113 Å². The summed E-state index contributed by atoms with van der Waals surface area (Å²) in [5, 5.41) is 25.6. The highest BCUT2D eigenvalue weighted by Crippen LogP contribution is 2.29. The molecule has 0 aliphatic rings. The van der Waals surface area contributed by atoms with Gasteiger partial charge >= 0.3 is 5.69 Å². The molecule has 0 bridgehead atoms. The van der Waals surface area contributed by atoms with Crippen LogP contribution in [0.4, 0.5) is 17.3 Å². The highest BCUT2D eigenvalue weighted by Gasteiger charge is 2.24. The van der Waals surface area contributed by atoms with Crippen molar-refractivity contribution in [1.29, 1.82) is 0 Å². The Morgan fingerprint density at radius 1 is 1.42 bits per heavy atom. The molecule has 0 fully saturated rings. The number of aliphatic hydroxyl groups is 1. The lowest BCUT2D eigenvalue weighted by molar-refractivity contribution is -0.383. The third kappa shape index (κ3) is 4.02. The van der Waals surface area contributed by atoms with Gasteiger partial charge in [0, 0.05) is 20.2 Å². The van der Waals surface area contributed by atoms with E-state index in [1.54, 1.807) is 7.05 Å². The van der Waals surface area contributed by atoms with Gasteiger partial charge in [0.15, 0.2) is 0 Å². The maximum Gasteiger partial charge on any atom is 0.353 e. The van der Waals surface area contributed by atoms with Crippen molar-refractivity contribution in [2.24, 2.45) is 5.41 Å². The molecule has 0 saturated carbocycles. The van der Waals surface area contributed by atoms with Crippen molar-refractivity contribution in [2.75, 3.05) is 30.8 Å². The third-order valence-corrected chi connectivity index (χ3v) is 2.76. The lowest BCUT2D eigenvalue weighted by Crippen LogP contribution is -2.25. The zero-order valence-electron chi connectivity index (χ0n) is 11.3. The van der Waals surface area contributed by atoms with Crippen molar-refractivity contribution < 1.29 is 10.0 Å². The lowest BCUT2D eigenvalue weighted by Gasteiger charge is -2.24. The highest BCUT2D eigenvalue weighted by atomic mass is 16.6. The predicted octanol–water partition coefficient (Wildman–Crippen LogP) is 1.25. The van der Waals surface area contributed by atoms with Gasteiger partial charge in [-0.25, -0.2) is 9.97 Å². The normalized spacial score (nSPS) is 11.2. The van der Waals surface area contributed by atoms with Crippen LogP contribution in [-0.4, -0.2) is 40.2 Å². The van der Waals surface area contributed by atoms with Gasteiger partial charge in [-0.1, -0.05) is 13.8 Å². The van der Waals surface area contributed by atoms with E-state index in [1.165, 1.54) is 6.33 Å². The minimum atomic E-state index is -0.521. The number of anilines is 2. The van der Waals surface area contributed by atoms with Crippen LogP contribution >= 0.6 is 0 Å². The van der Waals surface area contributed by atoms with E-state index < -0.39 is 4.92 Å². The molecule has 1 aromatic rings. The molecule has 0 unspecified atom stereocenters. The maximum atomic E-state index is 11.1. The first kappa shape index (κ1) is 15.1. The summed E-state index contributed by atoms with van der Waals surface area (Å²) in [6, 6.07) is 0. The van der Waals surface area contributed by atoms with Crippen LogP contribution in [0.1, 0.15) is 20.3 Å². The van der Waals surface area contributed by atoms with Crippen LogP contribution in [0.15, 0.2) is 6.33 Å². The zero-order chi connectivity index (χ0) is 14.5. The van der Waals surface area contributed by atoms with Crippen LogP contribution in [0, 0.1) is 15.5 Å².